The van der Waals surface area contributed by atoms with Gasteiger partial charge in [-0.05, 0) is 6.42 Å². The highest BCUT2D eigenvalue weighted by Gasteiger charge is 2.40. The lowest BCUT2D eigenvalue weighted by Gasteiger charge is -2.16. The number of halogens is 2. The van der Waals surface area contributed by atoms with Crippen LogP contribution in [0.25, 0.3) is 0 Å². The first-order chi connectivity index (χ1) is 6.05. The molecule has 0 aromatic rings. The lowest BCUT2D eigenvalue weighted by molar-refractivity contribution is 0.0154. The van der Waals surface area contributed by atoms with Crippen molar-refractivity contribution in [1.29, 1.82) is 0 Å². The third-order valence-corrected chi connectivity index (χ3v) is 1.98. The van der Waals surface area contributed by atoms with Crippen LogP contribution in [0, 0.1) is 0 Å². The Hall–Kier alpha value is -0.870. The fourth-order valence-electron chi connectivity index (χ4n) is 1.25. The third-order valence-electron chi connectivity index (χ3n) is 1.98. The molecule has 5 heteroatoms. The summed E-state index contributed by atoms with van der Waals surface area (Å²) in [7, 11) is 0. The van der Waals surface area contributed by atoms with Gasteiger partial charge in [0.15, 0.2) is 0 Å². The molecule has 3 nitrogen and oxygen atoms in total. The molecule has 0 saturated carbocycles. The predicted octanol–water partition coefficient (Wildman–Crippen LogP) is 1.45. The summed E-state index contributed by atoms with van der Waals surface area (Å²) in [5.41, 5.74) is 0. The number of amides is 2. The predicted molar refractivity (Wildman–Crippen MR) is 44.8 cm³/mol. The van der Waals surface area contributed by atoms with Crippen molar-refractivity contribution in [2.45, 2.75) is 25.7 Å². The minimum Gasteiger partial charge on any atom is -0.338 e. The molecule has 1 heterocycles. The van der Waals surface area contributed by atoms with Crippen LogP contribution in [0.4, 0.5) is 13.6 Å². The van der Waals surface area contributed by atoms with E-state index >= 15 is 0 Å². The highest BCUT2D eigenvalue weighted by molar-refractivity contribution is 5.74. The number of hydrogen-bond donors (Lipinski definition) is 1. The van der Waals surface area contributed by atoms with Gasteiger partial charge in [0.25, 0.3) is 5.92 Å². The lowest BCUT2D eigenvalue weighted by Crippen LogP contribution is -2.39. The van der Waals surface area contributed by atoms with Gasteiger partial charge in [-0.3, -0.25) is 0 Å². The Morgan fingerprint density at radius 2 is 2.31 bits per heavy atom. The van der Waals surface area contributed by atoms with Crippen LogP contribution in [0.1, 0.15) is 19.8 Å². The summed E-state index contributed by atoms with van der Waals surface area (Å²) >= 11 is 0. The van der Waals surface area contributed by atoms with Crippen molar-refractivity contribution in [3.63, 3.8) is 0 Å². The Bertz CT molecular complexity index is 197. The van der Waals surface area contributed by atoms with Crippen molar-refractivity contribution in [2.24, 2.45) is 0 Å². The maximum absolute atomic E-state index is 12.7. The molecule has 13 heavy (non-hydrogen) atoms. The highest BCUT2D eigenvalue weighted by atomic mass is 19.3. The van der Waals surface area contributed by atoms with Gasteiger partial charge in [-0.25, -0.2) is 13.6 Å². The van der Waals surface area contributed by atoms with Gasteiger partial charge in [0.2, 0.25) is 0 Å². The molecule has 1 fully saturated rings. The summed E-state index contributed by atoms with van der Waals surface area (Å²) in [5.74, 6) is -2.69. The van der Waals surface area contributed by atoms with Crippen LogP contribution in [0.3, 0.4) is 0 Å². The fourth-order valence-corrected chi connectivity index (χ4v) is 1.25. The summed E-state index contributed by atoms with van der Waals surface area (Å²) in [6.45, 7) is 2.17. The normalized spacial score (nSPS) is 20.4. The van der Waals surface area contributed by atoms with E-state index in [1.54, 1.807) is 0 Å². The molecule has 0 spiro atoms. The largest absolute Gasteiger partial charge is 0.338 e. The topological polar surface area (TPSA) is 32.3 Å². The van der Waals surface area contributed by atoms with E-state index in [9.17, 15) is 13.6 Å². The van der Waals surface area contributed by atoms with E-state index < -0.39 is 12.5 Å². The van der Waals surface area contributed by atoms with Crippen molar-refractivity contribution in [3.8, 4) is 0 Å². The van der Waals surface area contributed by atoms with Gasteiger partial charge >= 0.3 is 6.03 Å². The number of urea groups is 1. The van der Waals surface area contributed by atoms with Crippen LogP contribution in [-0.2, 0) is 0 Å². The molecule has 0 bridgehead atoms. The number of hydrogen-bond acceptors (Lipinski definition) is 1. The molecule has 0 aromatic heterocycles. The van der Waals surface area contributed by atoms with E-state index in [1.807, 2.05) is 6.92 Å². The summed E-state index contributed by atoms with van der Waals surface area (Å²) in [6, 6.07) is -0.376. The van der Waals surface area contributed by atoms with E-state index in [4.69, 9.17) is 0 Å². The van der Waals surface area contributed by atoms with Crippen molar-refractivity contribution in [3.05, 3.63) is 0 Å². The number of carbonyl (C=O) groups excluding carboxylic acids is 1. The first kappa shape index (κ1) is 10.2. The Morgan fingerprint density at radius 3 is 2.77 bits per heavy atom. The minimum atomic E-state index is -2.69. The van der Waals surface area contributed by atoms with E-state index in [0.29, 0.717) is 6.54 Å². The summed E-state index contributed by atoms with van der Waals surface area (Å²) < 4.78 is 25.3. The van der Waals surface area contributed by atoms with Gasteiger partial charge in [0, 0.05) is 19.5 Å². The van der Waals surface area contributed by atoms with Crippen LogP contribution in [-0.4, -0.2) is 36.5 Å². The molecule has 0 unspecified atom stereocenters. The van der Waals surface area contributed by atoms with Crippen molar-refractivity contribution >= 4 is 6.03 Å². The first-order valence-electron chi connectivity index (χ1n) is 4.46. The molecule has 1 N–H and O–H groups in total. The van der Waals surface area contributed by atoms with Crippen LogP contribution >= 0.6 is 0 Å². The second-order valence-electron chi connectivity index (χ2n) is 3.26. The second kappa shape index (κ2) is 3.89. The highest BCUT2D eigenvalue weighted by Crippen LogP contribution is 2.26. The Balaban J connectivity index is 2.33. The first-order valence-corrected chi connectivity index (χ1v) is 4.46. The van der Waals surface area contributed by atoms with Crippen molar-refractivity contribution in [1.82, 2.24) is 10.2 Å². The van der Waals surface area contributed by atoms with Crippen LogP contribution in [0.15, 0.2) is 0 Å². The van der Waals surface area contributed by atoms with Crippen LogP contribution < -0.4 is 5.32 Å². The number of alkyl halides is 2. The zero-order valence-corrected chi connectivity index (χ0v) is 7.65. The molecule has 76 valence electrons. The number of carbonyl (C=O) groups is 1. The molecule has 0 aliphatic carbocycles. The Kier molecular flexibility index (Phi) is 3.06. The summed E-state index contributed by atoms with van der Waals surface area (Å²) in [6.07, 6.45) is 0.600. The maximum atomic E-state index is 12.7. The smallest absolute Gasteiger partial charge is 0.317 e. The molecule has 0 aromatic carbocycles. The van der Waals surface area contributed by atoms with Crippen LogP contribution in [0.5, 0.6) is 0 Å². The minimum absolute atomic E-state index is 0.155. The number of nitrogens with zero attached hydrogens (tertiary/aromatic N) is 1. The number of likely N-dealkylation sites (tertiary alicyclic amines) is 1. The van der Waals surface area contributed by atoms with Gasteiger partial charge in [0.1, 0.15) is 0 Å². The van der Waals surface area contributed by atoms with Crippen molar-refractivity contribution in [2.75, 3.05) is 19.6 Å². The van der Waals surface area contributed by atoms with Crippen molar-refractivity contribution < 1.29 is 13.6 Å². The molecule has 1 aliphatic rings. The molecule has 1 aliphatic heterocycles. The third kappa shape index (κ3) is 2.82. The molecule has 2 amide bonds. The standard InChI is InChI=1S/C8H14F2N2O/c1-2-4-11-7(13)12-5-3-8(9,10)6-12/h2-6H2,1H3,(H,11,13). The molecule has 1 rings (SSSR count). The van der Waals surface area contributed by atoms with E-state index in [1.165, 1.54) is 0 Å². The maximum Gasteiger partial charge on any atom is 0.317 e. The van der Waals surface area contributed by atoms with Gasteiger partial charge in [-0.15, -0.1) is 0 Å². The Morgan fingerprint density at radius 1 is 1.62 bits per heavy atom. The average Bonchev–Trinajstić information content (AvgIpc) is 2.42. The number of rotatable bonds is 2. The quantitative estimate of drug-likeness (QED) is 0.705. The van der Waals surface area contributed by atoms with Crippen LogP contribution in [0.2, 0.25) is 0 Å². The molecule has 1 saturated heterocycles. The summed E-state index contributed by atoms with van der Waals surface area (Å²) in [4.78, 5) is 12.3. The van der Waals surface area contributed by atoms with E-state index in [2.05, 4.69) is 5.32 Å². The molecular weight excluding hydrogens is 178 g/mol. The van der Waals surface area contributed by atoms with Gasteiger partial charge in [0.05, 0.1) is 6.54 Å². The zero-order chi connectivity index (χ0) is 9.90. The van der Waals surface area contributed by atoms with Gasteiger partial charge in [-0.2, -0.15) is 0 Å². The zero-order valence-electron chi connectivity index (χ0n) is 7.65. The number of nitrogens with one attached hydrogen (secondary N) is 1. The van der Waals surface area contributed by atoms with Gasteiger partial charge in [-0.1, -0.05) is 6.92 Å². The monoisotopic (exact) mass is 192 g/mol. The Labute approximate surface area is 76.1 Å². The lowest BCUT2D eigenvalue weighted by atomic mass is 10.3. The average molecular weight is 192 g/mol. The second-order valence-corrected chi connectivity index (χ2v) is 3.26. The van der Waals surface area contributed by atoms with E-state index in [-0.39, 0.29) is 19.0 Å². The molecule has 0 atom stereocenters. The fraction of sp³-hybridized carbons (Fsp3) is 0.875. The molecular formula is C8H14F2N2O. The van der Waals surface area contributed by atoms with Gasteiger partial charge < -0.3 is 10.2 Å². The van der Waals surface area contributed by atoms with E-state index in [0.717, 1.165) is 11.3 Å². The summed E-state index contributed by atoms with van der Waals surface area (Å²) in [5, 5.41) is 2.57. The molecule has 0 radical (unpaired) electrons. The SMILES string of the molecule is CCCNC(=O)N1CCC(F)(F)C1.